The van der Waals surface area contributed by atoms with Crippen LogP contribution in [-0.2, 0) is 5.54 Å². The van der Waals surface area contributed by atoms with E-state index in [0.717, 1.165) is 71.2 Å². The Hall–Kier alpha value is -2.61. The summed E-state index contributed by atoms with van der Waals surface area (Å²) in [5.41, 5.74) is 10.2. The number of benzene rings is 1. The van der Waals surface area contributed by atoms with Gasteiger partial charge in [0.1, 0.15) is 0 Å². The number of hydrogen-bond donors (Lipinski definition) is 2. The predicted molar refractivity (Wildman–Crippen MR) is 154 cm³/mol. The van der Waals surface area contributed by atoms with Crippen LogP contribution in [0.5, 0.6) is 0 Å². The summed E-state index contributed by atoms with van der Waals surface area (Å²) in [6.45, 7) is 12.8. The Balaban J connectivity index is 1.92. The average molecular weight is 525 g/mol. The number of fused-ring (bicyclic) bond motifs is 1. The first kappa shape index (κ1) is 27.4. The number of imidazole rings is 1. The fraction of sp³-hybridized carbons (Fsp3) is 0.517. The number of piperidine rings is 1. The van der Waals surface area contributed by atoms with E-state index in [-0.39, 0.29) is 11.6 Å². The highest BCUT2D eigenvalue weighted by Gasteiger charge is 2.34. The molecule has 2 aliphatic heterocycles. The standard InChI is InChI=1S/C29H41ClN6O/c1-8-9-25(34(7)31-6)29(4,5)36-15-14-35(28(36)37)27-22(21-16-19(2)26(30)20(3)17-21)10-13-33-24-11-12-32-18-23(24)27/h9,14-17,22,31-32H,8,10-13,18H2,1-7H3/b25-9+/t22-/m0/s1. The molecule has 0 aliphatic carbocycles. The third kappa shape index (κ3) is 5.09. The topological polar surface area (TPSA) is 66.6 Å². The molecule has 1 fully saturated rings. The van der Waals surface area contributed by atoms with E-state index in [1.165, 1.54) is 5.56 Å². The van der Waals surface area contributed by atoms with Gasteiger partial charge in [-0.25, -0.2) is 10.2 Å². The van der Waals surface area contributed by atoms with Gasteiger partial charge in [0.2, 0.25) is 0 Å². The maximum Gasteiger partial charge on any atom is 0.333 e. The molecule has 4 rings (SSSR count). The lowest BCUT2D eigenvalue weighted by atomic mass is 9.86. The van der Waals surface area contributed by atoms with Gasteiger partial charge >= 0.3 is 5.69 Å². The van der Waals surface area contributed by atoms with Gasteiger partial charge < -0.3 is 10.3 Å². The lowest BCUT2D eigenvalue weighted by Crippen LogP contribution is -2.46. The van der Waals surface area contributed by atoms with Gasteiger partial charge in [-0.15, -0.1) is 0 Å². The zero-order chi connectivity index (χ0) is 26.9. The first-order chi connectivity index (χ1) is 17.6. The molecule has 3 heterocycles. The zero-order valence-corrected chi connectivity index (χ0v) is 24.0. The predicted octanol–water partition coefficient (Wildman–Crippen LogP) is 4.85. The molecule has 37 heavy (non-hydrogen) atoms. The van der Waals surface area contributed by atoms with E-state index >= 15 is 0 Å². The third-order valence-corrected chi connectivity index (χ3v) is 8.37. The Morgan fingerprint density at radius 3 is 2.65 bits per heavy atom. The first-order valence-electron chi connectivity index (χ1n) is 13.3. The van der Waals surface area contributed by atoms with Crippen molar-refractivity contribution >= 4 is 23.0 Å². The maximum atomic E-state index is 14.2. The van der Waals surface area contributed by atoms with Crippen molar-refractivity contribution in [2.75, 3.05) is 33.7 Å². The number of rotatable bonds is 7. The van der Waals surface area contributed by atoms with Crippen molar-refractivity contribution in [2.24, 2.45) is 4.99 Å². The van der Waals surface area contributed by atoms with Gasteiger partial charge in [0.25, 0.3) is 0 Å². The Kier molecular flexibility index (Phi) is 8.17. The van der Waals surface area contributed by atoms with Gasteiger partial charge in [-0.05, 0) is 57.2 Å². The van der Waals surface area contributed by atoms with Gasteiger partial charge in [0, 0.05) is 80.5 Å². The summed E-state index contributed by atoms with van der Waals surface area (Å²) >= 11 is 6.54. The molecule has 0 saturated carbocycles. The zero-order valence-electron chi connectivity index (χ0n) is 23.3. The minimum absolute atomic E-state index is 0.0353. The molecular formula is C29H41ClN6O. The molecular weight excluding hydrogens is 484 g/mol. The molecule has 1 saturated heterocycles. The number of aliphatic imine (C=N–C) groups is 1. The summed E-state index contributed by atoms with van der Waals surface area (Å²) in [7, 11) is 3.88. The Morgan fingerprint density at radius 1 is 1.30 bits per heavy atom. The van der Waals surface area contributed by atoms with Crippen molar-refractivity contribution in [1.29, 1.82) is 0 Å². The lowest BCUT2D eigenvalue weighted by molar-refractivity contribution is 0.238. The fourth-order valence-electron chi connectivity index (χ4n) is 5.80. The first-order valence-corrected chi connectivity index (χ1v) is 13.7. The molecule has 2 aromatic rings. The van der Waals surface area contributed by atoms with E-state index in [4.69, 9.17) is 16.6 Å². The monoisotopic (exact) mass is 524 g/mol. The van der Waals surface area contributed by atoms with Crippen LogP contribution in [0.1, 0.15) is 62.6 Å². The average Bonchev–Trinajstić information content (AvgIpc) is 3.15. The highest BCUT2D eigenvalue weighted by Crippen LogP contribution is 2.38. The molecule has 1 atom stereocenters. The second-order valence-electron chi connectivity index (χ2n) is 10.6. The van der Waals surface area contributed by atoms with Crippen molar-refractivity contribution in [1.82, 2.24) is 24.9 Å². The van der Waals surface area contributed by atoms with Crippen LogP contribution < -0.4 is 16.4 Å². The van der Waals surface area contributed by atoms with Crippen molar-refractivity contribution in [3.8, 4) is 0 Å². The van der Waals surface area contributed by atoms with Crippen LogP contribution in [0.2, 0.25) is 5.02 Å². The summed E-state index contributed by atoms with van der Waals surface area (Å²) in [6.07, 6.45) is 8.63. The maximum absolute atomic E-state index is 14.2. The quantitative estimate of drug-likeness (QED) is 0.508. The number of hydrogen-bond acceptors (Lipinski definition) is 5. The number of allylic oxidation sites excluding steroid dienone is 3. The van der Waals surface area contributed by atoms with Crippen LogP contribution in [0.15, 0.2) is 51.7 Å². The molecule has 0 spiro atoms. The Labute approximate surface area is 225 Å². The van der Waals surface area contributed by atoms with Crippen LogP contribution in [0.25, 0.3) is 5.70 Å². The fourth-order valence-corrected chi connectivity index (χ4v) is 5.91. The Bertz CT molecular complexity index is 1290. The number of hydrazine groups is 1. The second kappa shape index (κ2) is 11.0. The van der Waals surface area contributed by atoms with Crippen molar-refractivity contribution in [3.63, 3.8) is 0 Å². The van der Waals surface area contributed by atoms with Crippen molar-refractivity contribution in [2.45, 2.75) is 65.3 Å². The van der Waals surface area contributed by atoms with E-state index in [9.17, 15) is 4.79 Å². The molecule has 200 valence electrons. The molecule has 0 radical (unpaired) electrons. The molecule has 1 aromatic carbocycles. The van der Waals surface area contributed by atoms with Gasteiger partial charge in [-0.3, -0.25) is 14.1 Å². The van der Waals surface area contributed by atoms with Crippen LogP contribution in [0.4, 0.5) is 0 Å². The lowest BCUT2D eigenvalue weighted by Gasteiger charge is -2.35. The molecule has 0 unspecified atom stereocenters. The van der Waals surface area contributed by atoms with E-state index in [2.05, 4.69) is 63.6 Å². The molecule has 2 aliphatic rings. The molecule has 0 bridgehead atoms. The molecule has 2 N–H and O–H groups in total. The normalized spacial score (nSPS) is 19.0. The van der Waals surface area contributed by atoms with E-state index in [1.807, 2.05) is 40.6 Å². The molecule has 0 amide bonds. The SMILES string of the molecule is CC/C=C(/N(C)NC)C(C)(C)n1ccn(C2=C3CNCCC3=NCC[C@H]2c2cc(C)c(Cl)c(C)c2)c1=O. The number of nitrogens with one attached hydrogen (secondary N) is 2. The van der Waals surface area contributed by atoms with E-state index < -0.39 is 5.54 Å². The van der Waals surface area contributed by atoms with E-state index in [1.54, 1.807) is 0 Å². The highest BCUT2D eigenvalue weighted by molar-refractivity contribution is 6.32. The summed E-state index contributed by atoms with van der Waals surface area (Å²) in [5, 5.41) is 6.31. The summed E-state index contributed by atoms with van der Waals surface area (Å²) < 4.78 is 3.72. The van der Waals surface area contributed by atoms with Crippen LogP contribution >= 0.6 is 11.6 Å². The molecule has 7 nitrogen and oxygen atoms in total. The highest BCUT2D eigenvalue weighted by atomic mass is 35.5. The number of aryl methyl sites for hydroxylation is 2. The van der Waals surface area contributed by atoms with Gasteiger partial charge in [-0.1, -0.05) is 36.7 Å². The van der Waals surface area contributed by atoms with Crippen molar-refractivity contribution in [3.05, 3.63) is 74.1 Å². The van der Waals surface area contributed by atoms with Crippen LogP contribution in [0, 0.1) is 13.8 Å². The number of nitrogens with zero attached hydrogens (tertiary/aromatic N) is 4. The summed E-state index contributed by atoms with van der Waals surface area (Å²) in [6, 6.07) is 4.36. The smallest absolute Gasteiger partial charge is 0.314 e. The van der Waals surface area contributed by atoms with Gasteiger partial charge in [0.05, 0.1) is 11.2 Å². The minimum Gasteiger partial charge on any atom is -0.314 e. The second-order valence-corrected chi connectivity index (χ2v) is 11.0. The number of halogens is 1. The van der Waals surface area contributed by atoms with E-state index in [0.29, 0.717) is 6.54 Å². The third-order valence-electron chi connectivity index (χ3n) is 7.77. The summed E-state index contributed by atoms with van der Waals surface area (Å²) in [5.74, 6) is 0.0353. The summed E-state index contributed by atoms with van der Waals surface area (Å²) in [4.78, 5) is 19.2. The number of aromatic nitrogens is 2. The van der Waals surface area contributed by atoms with Crippen molar-refractivity contribution < 1.29 is 0 Å². The molecule has 8 heteroatoms. The largest absolute Gasteiger partial charge is 0.333 e. The van der Waals surface area contributed by atoms with Crippen LogP contribution in [-0.4, -0.2) is 53.6 Å². The van der Waals surface area contributed by atoms with Crippen LogP contribution in [0.3, 0.4) is 0 Å². The minimum atomic E-state index is -0.559. The Morgan fingerprint density at radius 2 is 2.00 bits per heavy atom. The van der Waals surface area contributed by atoms with Gasteiger partial charge in [-0.2, -0.15) is 0 Å². The number of likely N-dealkylation sites (N-methyl/N-ethyl adjacent to an activating group) is 1. The van der Waals surface area contributed by atoms with Gasteiger partial charge in [0.15, 0.2) is 0 Å². The molecule has 1 aromatic heterocycles.